The first kappa shape index (κ1) is 18.3. The highest BCUT2D eigenvalue weighted by atomic mass is 79.9. The SMILES string of the molecule is Cc1cc(C)cc(OCCNC(=O)[C@@H](C)Oc2ccc(Br)cc2)c1. The summed E-state index contributed by atoms with van der Waals surface area (Å²) in [5.41, 5.74) is 2.32. The van der Waals surface area contributed by atoms with Crippen molar-refractivity contribution < 1.29 is 14.3 Å². The van der Waals surface area contributed by atoms with Gasteiger partial charge >= 0.3 is 0 Å². The molecule has 5 heteroatoms. The molecular formula is C19H22BrNO3. The molecule has 1 atom stereocenters. The third-order valence-electron chi connectivity index (χ3n) is 3.36. The number of rotatable bonds is 7. The van der Waals surface area contributed by atoms with Crippen LogP contribution in [0.2, 0.25) is 0 Å². The molecule has 24 heavy (non-hydrogen) atoms. The van der Waals surface area contributed by atoms with E-state index in [1.165, 1.54) is 0 Å². The molecule has 0 aliphatic carbocycles. The van der Waals surface area contributed by atoms with Gasteiger partial charge in [0.25, 0.3) is 5.91 Å². The number of carbonyl (C=O) groups excluding carboxylic acids is 1. The zero-order valence-electron chi connectivity index (χ0n) is 14.1. The topological polar surface area (TPSA) is 47.6 Å². The molecule has 0 fully saturated rings. The second-order valence-corrected chi connectivity index (χ2v) is 6.59. The average Bonchev–Trinajstić information content (AvgIpc) is 2.52. The van der Waals surface area contributed by atoms with Crippen LogP contribution in [0.4, 0.5) is 0 Å². The molecular weight excluding hydrogens is 370 g/mol. The summed E-state index contributed by atoms with van der Waals surface area (Å²) in [7, 11) is 0. The van der Waals surface area contributed by atoms with E-state index in [2.05, 4.69) is 27.3 Å². The Balaban J connectivity index is 1.73. The van der Waals surface area contributed by atoms with Crippen LogP contribution in [-0.4, -0.2) is 25.2 Å². The van der Waals surface area contributed by atoms with E-state index >= 15 is 0 Å². The van der Waals surface area contributed by atoms with Crippen LogP contribution < -0.4 is 14.8 Å². The van der Waals surface area contributed by atoms with Gasteiger partial charge in [0.05, 0.1) is 6.54 Å². The van der Waals surface area contributed by atoms with Gasteiger partial charge in [0, 0.05) is 4.47 Å². The zero-order chi connectivity index (χ0) is 17.5. The largest absolute Gasteiger partial charge is 0.492 e. The predicted octanol–water partition coefficient (Wildman–Crippen LogP) is 4.03. The molecule has 0 saturated heterocycles. The summed E-state index contributed by atoms with van der Waals surface area (Å²) < 4.78 is 12.2. The first-order chi connectivity index (χ1) is 11.4. The summed E-state index contributed by atoms with van der Waals surface area (Å²) in [6, 6.07) is 13.4. The van der Waals surface area contributed by atoms with Crippen molar-refractivity contribution in [2.75, 3.05) is 13.2 Å². The standard InChI is InChI=1S/C19H22BrNO3/c1-13-10-14(2)12-18(11-13)23-9-8-21-19(22)15(3)24-17-6-4-16(20)5-7-17/h4-7,10-12,15H,8-9H2,1-3H3,(H,21,22)/t15-/m1/s1. The van der Waals surface area contributed by atoms with Gasteiger partial charge in [-0.25, -0.2) is 0 Å². The Morgan fingerprint density at radius 3 is 2.33 bits per heavy atom. The molecule has 4 nitrogen and oxygen atoms in total. The second-order valence-electron chi connectivity index (χ2n) is 5.68. The minimum Gasteiger partial charge on any atom is -0.492 e. The summed E-state index contributed by atoms with van der Waals surface area (Å²) in [5.74, 6) is 1.31. The molecule has 0 aliphatic rings. The summed E-state index contributed by atoms with van der Waals surface area (Å²) in [6.45, 7) is 6.63. The lowest BCUT2D eigenvalue weighted by Gasteiger charge is -2.15. The van der Waals surface area contributed by atoms with E-state index in [1.54, 1.807) is 6.92 Å². The number of ether oxygens (including phenoxy) is 2. The van der Waals surface area contributed by atoms with Gasteiger partial charge in [-0.15, -0.1) is 0 Å². The highest BCUT2D eigenvalue weighted by Crippen LogP contribution is 2.17. The van der Waals surface area contributed by atoms with E-state index in [0.29, 0.717) is 18.9 Å². The van der Waals surface area contributed by atoms with Crippen molar-refractivity contribution in [2.24, 2.45) is 0 Å². The minimum absolute atomic E-state index is 0.165. The summed E-state index contributed by atoms with van der Waals surface area (Å²) >= 11 is 3.36. The fourth-order valence-electron chi connectivity index (χ4n) is 2.27. The number of amides is 1. The fraction of sp³-hybridized carbons (Fsp3) is 0.316. The van der Waals surface area contributed by atoms with E-state index in [0.717, 1.165) is 21.3 Å². The van der Waals surface area contributed by atoms with Crippen LogP contribution >= 0.6 is 15.9 Å². The Hall–Kier alpha value is -2.01. The number of nitrogens with one attached hydrogen (secondary N) is 1. The molecule has 0 aliphatic heterocycles. The van der Waals surface area contributed by atoms with Crippen LogP contribution in [0.25, 0.3) is 0 Å². The van der Waals surface area contributed by atoms with Crippen molar-refractivity contribution in [1.29, 1.82) is 0 Å². The lowest BCUT2D eigenvalue weighted by atomic mass is 10.1. The second kappa shape index (κ2) is 8.73. The molecule has 0 spiro atoms. The Bertz CT molecular complexity index is 665. The van der Waals surface area contributed by atoms with E-state index < -0.39 is 6.10 Å². The van der Waals surface area contributed by atoms with Crippen molar-refractivity contribution in [3.05, 3.63) is 58.1 Å². The van der Waals surface area contributed by atoms with Crippen molar-refractivity contribution in [3.63, 3.8) is 0 Å². The molecule has 128 valence electrons. The molecule has 1 N–H and O–H groups in total. The number of hydrogen-bond donors (Lipinski definition) is 1. The lowest BCUT2D eigenvalue weighted by molar-refractivity contribution is -0.127. The van der Waals surface area contributed by atoms with Crippen molar-refractivity contribution in [2.45, 2.75) is 26.9 Å². The Labute approximate surface area is 151 Å². The Morgan fingerprint density at radius 1 is 1.08 bits per heavy atom. The molecule has 1 amide bonds. The van der Waals surface area contributed by atoms with Crippen molar-refractivity contribution >= 4 is 21.8 Å². The van der Waals surface area contributed by atoms with Crippen LogP contribution in [0.1, 0.15) is 18.1 Å². The Kier molecular flexibility index (Phi) is 6.67. The van der Waals surface area contributed by atoms with E-state index in [4.69, 9.17) is 9.47 Å². The van der Waals surface area contributed by atoms with Crippen LogP contribution in [0.3, 0.4) is 0 Å². The van der Waals surface area contributed by atoms with E-state index in [-0.39, 0.29) is 5.91 Å². The van der Waals surface area contributed by atoms with Crippen LogP contribution in [0.15, 0.2) is 46.9 Å². The van der Waals surface area contributed by atoms with Gasteiger partial charge in [-0.3, -0.25) is 4.79 Å². The fourth-order valence-corrected chi connectivity index (χ4v) is 2.54. The number of hydrogen-bond acceptors (Lipinski definition) is 3. The third-order valence-corrected chi connectivity index (χ3v) is 3.89. The van der Waals surface area contributed by atoms with Crippen molar-refractivity contribution in [3.8, 4) is 11.5 Å². The molecule has 2 rings (SSSR count). The minimum atomic E-state index is -0.563. The van der Waals surface area contributed by atoms with Gasteiger partial charge < -0.3 is 14.8 Å². The van der Waals surface area contributed by atoms with Crippen LogP contribution in [-0.2, 0) is 4.79 Å². The molecule has 0 radical (unpaired) electrons. The Morgan fingerprint density at radius 2 is 1.71 bits per heavy atom. The summed E-state index contributed by atoms with van der Waals surface area (Å²) in [4.78, 5) is 12.0. The summed E-state index contributed by atoms with van der Waals surface area (Å²) in [5, 5.41) is 2.82. The van der Waals surface area contributed by atoms with Gasteiger partial charge in [0.1, 0.15) is 18.1 Å². The first-order valence-electron chi connectivity index (χ1n) is 7.85. The first-order valence-corrected chi connectivity index (χ1v) is 8.64. The average molecular weight is 392 g/mol. The van der Waals surface area contributed by atoms with E-state index in [1.807, 2.05) is 50.2 Å². The molecule has 0 aromatic heterocycles. The zero-order valence-corrected chi connectivity index (χ0v) is 15.7. The normalized spacial score (nSPS) is 11.7. The van der Waals surface area contributed by atoms with Gasteiger partial charge in [-0.2, -0.15) is 0 Å². The molecule has 2 aromatic rings. The molecule has 0 bridgehead atoms. The van der Waals surface area contributed by atoms with Gasteiger partial charge in [0.15, 0.2) is 6.10 Å². The number of aryl methyl sites for hydroxylation is 2. The maximum atomic E-state index is 12.0. The number of benzene rings is 2. The third kappa shape index (κ3) is 5.89. The number of carbonyl (C=O) groups is 1. The molecule has 0 heterocycles. The molecule has 0 unspecified atom stereocenters. The van der Waals surface area contributed by atoms with Crippen LogP contribution in [0.5, 0.6) is 11.5 Å². The number of halogens is 1. The lowest BCUT2D eigenvalue weighted by Crippen LogP contribution is -2.38. The quantitative estimate of drug-likeness (QED) is 0.724. The molecule has 0 saturated carbocycles. The van der Waals surface area contributed by atoms with Gasteiger partial charge in [0.2, 0.25) is 0 Å². The smallest absolute Gasteiger partial charge is 0.260 e. The van der Waals surface area contributed by atoms with Crippen LogP contribution in [0, 0.1) is 13.8 Å². The summed E-state index contributed by atoms with van der Waals surface area (Å²) in [6.07, 6.45) is -0.563. The van der Waals surface area contributed by atoms with Gasteiger partial charge in [-0.1, -0.05) is 22.0 Å². The van der Waals surface area contributed by atoms with Gasteiger partial charge in [-0.05, 0) is 68.3 Å². The highest BCUT2D eigenvalue weighted by Gasteiger charge is 2.14. The molecule has 2 aromatic carbocycles. The maximum absolute atomic E-state index is 12.0. The van der Waals surface area contributed by atoms with Crippen molar-refractivity contribution in [1.82, 2.24) is 5.32 Å². The maximum Gasteiger partial charge on any atom is 0.260 e. The highest BCUT2D eigenvalue weighted by molar-refractivity contribution is 9.10. The monoisotopic (exact) mass is 391 g/mol. The predicted molar refractivity (Wildman–Crippen MR) is 98.7 cm³/mol. The van der Waals surface area contributed by atoms with E-state index in [9.17, 15) is 4.79 Å².